The highest BCUT2D eigenvalue weighted by atomic mass is 16.5. The fraction of sp³-hybridized carbons (Fsp3) is 0.857. The number of carboxylic acids is 1. The third-order valence-electron chi connectivity index (χ3n) is 3.88. The van der Waals surface area contributed by atoms with Gasteiger partial charge in [-0.3, -0.25) is 4.79 Å². The molecule has 6 heteroatoms. The molecule has 1 aliphatic rings. The van der Waals surface area contributed by atoms with Crippen LogP contribution in [0.15, 0.2) is 0 Å². The molecule has 2 N–H and O–H groups in total. The molecule has 20 heavy (non-hydrogen) atoms. The quantitative estimate of drug-likeness (QED) is 0.728. The Balaban J connectivity index is 2.61. The summed E-state index contributed by atoms with van der Waals surface area (Å²) in [6, 6.07) is -0.457. The zero-order chi connectivity index (χ0) is 15.0. The molecule has 2 amide bonds. The van der Waals surface area contributed by atoms with E-state index in [1.807, 2.05) is 6.92 Å². The lowest BCUT2D eigenvalue weighted by Gasteiger charge is -2.27. The molecule has 0 bridgehead atoms. The molecule has 0 saturated heterocycles. The van der Waals surface area contributed by atoms with E-state index in [9.17, 15) is 14.7 Å². The molecule has 6 nitrogen and oxygen atoms in total. The first kappa shape index (κ1) is 16.8. The van der Waals surface area contributed by atoms with Crippen molar-refractivity contribution in [3.63, 3.8) is 0 Å². The van der Waals surface area contributed by atoms with Gasteiger partial charge in [0.25, 0.3) is 0 Å². The molecular formula is C14H26N2O4. The van der Waals surface area contributed by atoms with Gasteiger partial charge in [-0.05, 0) is 19.8 Å². The first-order valence-electron chi connectivity index (χ1n) is 7.37. The number of amides is 2. The molecule has 1 saturated carbocycles. The Bertz CT molecular complexity index is 322. The number of nitrogens with zero attached hydrogens (tertiary/aromatic N) is 1. The van der Waals surface area contributed by atoms with Gasteiger partial charge in [0.2, 0.25) is 0 Å². The number of ether oxygens (including phenoxy) is 1. The topological polar surface area (TPSA) is 78.9 Å². The van der Waals surface area contributed by atoms with Crippen LogP contribution in [0.25, 0.3) is 0 Å². The minimum Gasteiger partial charge on any atom is -0.481 e. The summed E-state index contributed by atoms with van der Waals surface area (Å²) in [5, 5.41) is 12.2. The molecule has 0 aromatic carbocycles. The highest BCUT2D eigenvalue weighted by Crippen LogP contribution is 2.24. The minimum atomic E-state index is -0.808. The van der Waals surface area contributed by atoms with Crippen LogP contribution in [0.5, 0.6) is 0 Å². The van der Waals surface area contributed by atoms with Crippen LogP contribution >= 0.6 is 0 Å². The fourth-order valence-corrected chi connectivity index (χ4v) is 2.63. The average molecular weight is 286 g/mol. The van der Waals surface area contributed by atoms with Crippen molar-refractivity contribution < 1.29 is 19.4 Å². The number of hydrogen-bond acceptors (Lipinski definition) is 3. The van der Waals surface area contributed by atoms with Crippen LogP contribution < -0.4 is 5.32 Å². The van der Waals surface area contributed by atoms with E-state index in [1.165, 1.54) is 0 Å². The highest BCUT2D eigenvalue weighted by Gasteiger charge is 2.31. The van der Waals surface area contributed by atoms with Crippen molar-refractivity contribution in [2.24, 2.45) is 5.92 Å². The van der Waals surface area contributed by atoms with Crippen LogP contribution in [-0.4, -0.2) is 54.9 Å². The monoisotopic (exact) mass is 286 g/mol. The lowest BCUT2D eigenvalue weighted by molar-refractivity contribution is -0.142. The Morgan fingerprint density at radius 2 is 2.00 bits per heavy atom. The van der Waals surface area contributed by atoms with Crippen LogP contribution in [0.1, 0.15) is 39.0 Å². The molecule has 0 aromatic rings. The van der Waals surface area contributed by atoms with Gasteiger partial charge >= 0.3 is 12.0 Å². The van der Waals surface area contributed by atoms with Gasteiger partial charge < -0.3 is 20.1 Å². The largest absolute Gasteiger partial charge is 0.481 e. The maximum Gasteiger partial charge on any atom is 0.317 e. The third kappa shape index (κ3) is 5.00. The lowest BCUT2D eigenvalue weighted by Crippen LogP contribution is -2.49. The van der Waals surface area contributed by atoms with Crippen molar-refractivity contribution in [2.75, 3.05) is 26.8 Å². The number of hydrogen-bond donors (Lipinski definition) is 2. The smallest absolute Gasteiger partial charge is 0.317 e. The maximum atomic E-state index is 12.2. The second-order valence-corrected chi connectivity index (χ2v) is 5.21. The second kappa shape index (κ2) is 8.79. The van der Waals surface area contributed by atoms with Crippen molar-refractivity contribution in [3.05, 3.63) is 0 Å². The van der Waals surface area contributed by atoms with Gasteiger partial charge in [0.15, 0.2) is 0 Å². The Kier molecular flexibility index (Phi) is 7.36. The van der Waals surface area contributed by atoms with Crippen LogP contribution in [0.4, 0.5) is 4.79 Å². The number of aliphatic carboxylic acids is 1. The number of rotatable bonds is 6. The summed E-state index contributed by atoms with van der Waals surface area (Å²) in [6.45, 7) is 3.48. The van der Waals surface area contributed by atoms with Crippen molar-refractivity contribution in [3.8, 4) is 0 Å². The first-order chi connectivity index (χ1) is 9.60. The van der Waals surface area contributed by atoms with E-state index >= 15 is 0 Å². The zero-order valence-electron chi connectivity index (χ0n) is 12.4. The second-order valence-electron chi connectivity index (χ2n) is 5.21. The molecule has 2 unspecified atom stereocenters. The molecule has 0 radical (unpaired) electrons. The zero-order valence-corrected chi connectivity index (χ0v) is 12.4. The van der Waals surface area contributed by atoms with Gasteiger partial charge in [0, 0.05) is 26.2 Å². The predicted molar refractivity (Wildman–Crippen MR) is 75.7 cm³/mol. The Hall–Kier alpha value is -1.30. The molecule has 1 rings (SSSR count). The number of urea groups is 1. The molecule has 0 aliphatic heterocycles. The SMILES string of the molecule is CCN(CCOC)C(=O)NC1CCCCCC1C(=O)O. The van der Waals surface area contributed by atoms with E-state index in [-0.39, 0.29) is 12.1 Å². The number of nitrogens with one attached hydrogen (secondary N) is 1. The molecule has 0 aromatic heterocycles. The molecular weight excluding hydrogens is 260 g/mol. The Morgan fingerprint density at radius 3 is 2.60 bits per heavy atom. The molecule has 0 spiro atoms. The summed E-state index contributed by atoms with van der Waals surface area (Å²) in [6.07, 6.45) is 4.32. The van der Waals surface area contributed by atoms with Crippen molar-refractivity contribution >= 4 is 12.0 Å². The third-order valence-corrected chi connectivity index (χ3v) is 3.88. The van der Waals surface area contributed by atoms with Crippen LogP contribution in [0.2, 0.25) is 0 Å². The van der Waals surface area contributed by atoms with E-state index < -0.39 is 11.9 Å². The van der Waals surface area contributed by atoms with E-state index in [0.29, 0.717) is 26.1 Å². The van der Waals surface area contributed by atoms with Gasteiger partial charge in [-0.2, -0.15) is 0 Å². The first-order valence-corrected chi connectivity index (χ1v) is 7.37. The van der Waals surface area contributed by atoms with E-state index in [4.69, 9.17) is 4.74 Å². The van der Waals surface area contributed by atoms with Gasteiger partial charge in [0.05, 0.1) is 12.5 Å². The summed E-state index contributed by atoms with van der Waals surface area (Å²) in [5.41, 5.74) is 0. The highest BCUT2D eigenvalue weighted by molar-refractivity contribution is 5.76. The van der Waals surface area contributed by atoms with Crippen molar-refractivity contribution in [1.82, 2.24) is 10.2 Å². The maximum absolute atomic E-state index is 12.2. The molecule has 116 valence electrons. The fourth-order valence-electron chi connectivity index (χ4n) is 2.63. The number of carbonyl (C=O) groups excluding carboxylic acids is 1. The summed E-state index contributed by atoms with van der Waals surface area (Å²) in [4.78, 5) is 25.2. The van der Waals surface area contributed by atoms with Crippen LogP contribution in [0, 0.1) is 5.92 Å². The summed E-state index contributed by atoms with van der Waals surface area (Å²) in [7, 11) is 1.59. The molecule has 1 fully saturated rings. The van der Waals surface area contributed by atoms with Gasteiger partial charge in [0.1, 0.15) is 0 Å². The minimum absolute atomic E-state index is 0.192. The Morgan fingerprint density at radius 1 is 1.30 bits per heavy atom. The van der Waals surface area contributed by atoms with E-state index in [0.717, 1.165) is 25.7 Å². The summed E-state index contributed by atoms with van der Waals surface area (Å²) < 4.78 is 4.98. The van der Waals surface area contributed by atoms with E-state index in [2.05, 4.69) is 5.32 Å². The normalized spacial score (nSPS) is 22.9. The van der Waals surface area contributed by atoms with Gasteiger partial charge in [-0.25, -0.2) is 4.79 Å². The summed E-state index contributed by atoms with van der Waals surface area (Å²) >= 11 is 0. The molecule has 1 aliphatic carbocycles. The van der Waals surface area contributed by atoms with Gasteiger partial charge in [-0.1, -0.05) is 19.3 Å². The number of likely N-dealkylation sites (N-methyl/N-ethyl adjacent to an activating group) is 1. The number of methoxy groups -OCH3 is 1. The lowest BCUT2D eigenvalue weighted by atomic mass is 9.95. The average Bonchev–Trinajstić information content (AvgIpc) is 2.65. The number of carbonyl (C=O) groups is 2. The van der Waals surface area contributed by atoms with Crippen molar-refractivity contribution in [2.45, 2.75) is 45.1 Å². The molecule has 2 atom stereocenters. The van der Waals surface area contributed by atoms with E-state index in [1.54, 1.807) is 12.0 Å². The van der Waals surface area contributed by atoms with Crippen molar-refractivity contribution in [1.29, 1.82) is 0 Å². The molecule has 0 heterocycles. The van der Waals surface area contributed by atoms with Gasteiger partial charge in [-0.15, -0.1) is 0 Å². The predicted octanol–water partition coefficient (Wildman–Crippen LogP) is 1.70. The number of carboxylic acid groups (broad SMARTS) is 1. The van der Waals surface area contributed by atoms with Crippen LogP contribution in [-0.2, 0) is 9.53 Å². The summed E-state index contributed by atoms with van der Waals surface area (Å²) in [5.74, 6) is -1.28. The Labute approximate surface area is 120 Å². The van der Waals surface area contributed by atoms with Crippen LogP contribution in [0.3, 0.4) is 0 Å². The standard InChI is InChI=1S/C14H26N2O4/c1-3-16(9-10-20-2)14(19)15-12-8-6-4-5-7-11(12)13(17)18/h11-12H,3-10H2,1-2H3,(H,15,19)(H,17,18).